The average molecular weight is 299 g/mol. The highest BCUT2D eigenvalue weighted by Gasteiger charge is 2.15. The number of hydrogen-bond donors (Lipinski definition) is 2. The zero-order chi connectivity index (χ0) is 13.8. The Morgan fingerprint density at radius 1 is 1.37 bits per heavy atom. The summed E-state index contributed by atoms with van der Waals surface area (Å²) in [7, 11) is 0. The molecule has 1 aromatic heterocycles. The Morgan fingerprint density at radius 3 is 2.79 bits per heavy atom. The Labute approximate surface area is 121 Å². The minimum absolute atomic E-state index is 0.0988. The summed E-state index contributed by atoms with van der Waals surface area (Å²) < 4.78 is 13.7. The third kappa shape index (κ3) is 3.54. The number of nitrogens with two attached hydrogens (primary N) is 1. The molecule has 19 heavy (non-hydrogen) atoms. The standard InChI is InChI=1S/C14H16ClFN2S/c1-2-11-4-6-14(19-11)13(18-17)8-9-7-10(15)3-5-12(9)16/h3-7,13,18H,2,8,17H2,1H3. The normalized spacial score (nSPS) is 12.6. The van der Waals surface area contributed by atoms with Crippen molar-refractivity contribution in [1.82, 2.24) is 5.43 Å². The van der Waals surface area contributed by atoms with Gasteiger partial charge in [0.1, 0.15) is 5.82 Å². The molecule has 0 radical (unpaired) electrons. The molecule has 102 valence electrons. The molecular weight excluding hydrogens is 283 g/mol. The number of rotatable bonds is 5. The van der Waals surface area contributed by atoms with E-state index in [9.17, 15) is 4.39 Å². The highest BCUT2D eigenvalue weighted by Crippen LogP contribution is 2.27. The number of halogens is 2. The lowest BCUT2D eigenvalue weighted by molar-refractivity contribution is 0.535. The van der Waals surface area contributed by atoms with Crippen LogP contribution in [0, 0.1) is 5.82 Å². The van der Waals surface area contributed by atoms with E-state index in [1.54, 1.807) is 23.5 Å². The van der Waals surface area contributed by atoms with Crippen LogP contribution < -0.4 is 11.3 Å². The van der Waals surface area contributed by atoms with Gasteiger partial charge in [-0.1, -0.05) is 18.5 Å². The zero-order valence-corrected chi connectivity index (χ0v) is 12.2. The fourth-order valence-corrected chi connectivity index (χ4v) is 3.14. The lowest BCUT2D eigenvalue weighted by Gasteiger charge is -2.15. The summed E-state index contributed by atoms with van der Waals surface area (Å²) in [5.41, 5.74) is 3.32. The molecule has 5 heteroatoms. The van der Waals surface area contributed by atoms with Gasteiger partial charge in [0.05, 0.1) is 6.04 Å². The van der Waals surface area contributed by atoms with E-state index >= 15 is 0 Å². The van der Waals surface area contributed by atoms with Crippen molar-refractivity contribution < 1.29 is 4.39 Å². The second-order valence-corrected chi connectivity index (χ2v) is 5.95. The molecule has 0 bridgehead atoms. The van der Waals surface area contributed by atoms with Crippen LogP contribution in [0.25, 0.3) is 0 Å². The van der Waals surface area contributed by atoms with Gasteiger partial charge in [0.2, 0.25) is 0 Å². The Bertz CT molecular complexity index is 556. The van der Waals surface area contributed by atoms with Gasteiger partial charge in [-0.3, -0.25) is 11.3 Å². The maximum absolute atomic E-state index is 13.7. The van der Waals surface area contributed by atoms with Gasteiger partial charge >= 0.3 is 0 Å². The Hall–Kier alpha value is -0.940. The van der Waals surface area contributed by atoms with Crippen LogP contribution >= 0.6 is 22.9 Å². The number of aryl methyl sites for hydroxylation is 1. The first-order valence-corrected chi connectivity index (χ1v) is 7.32. The molecule has 0 amide bonds. The largest absolute Gasteiger partial charge is 0.271 e. The Balaban J connectivity index is 2.21. The van der Waals surface area contributed by atoms with E-state index in [0.717, 1.165) is 11.3 Å². The minimum Gasteiger partial charge on any atom is -0.271 e. The van der Waals surface area contributed by atoms with Crippen molar-refractivity contribution >= 4 is 22.9 Å². The number of hydrogen-bond acceptors (Lipinski definition) is 3. The first-order valence-electron chi connectivity index (χ1n) is 6.12. The summed E-state index contributed by atoms with van der Waals surface area (Å²) in [5.74, 6) is 5.34. The molecule has 0 fully saturated rings. The summed E-state index contributed by atoms with van der Waals surface area (Å²) in [4.78, 5) is 2.40. The van der Waals surface area contributed by atoms with E-state index in [1.165, 1.54) is 10.9 Å². The SMILES string of the molecule is CCc1ccc(C(Cc2cc(Cl)ccc2F)NN)s1. The van der Waals surface area contributed by atoms with E-state index in [1.807, 2.05) is 6.07 Å². The van der Waals surface area contributed by atoms with Crippen molar-refractivity contribution in [2.24, 2.45) is 5.84 Å². The van der Waals surface area contributed by atoms with Gasteiger partial charge < -0.3 is 0 Å². The first kappa shape index (κ1) is 14.5. The predicted molar refractivity (Wildman–Crippen MR) is 78.9 cm³/mol. The zero-order valence-electron chi connectivity index (χ0n) is 10.6. The minimum atomic E-state index is -0.253. The van der Waals surface area contributed by atoms with Gasteiger partial charge in [0.15, 0.2) is 0 Å². The summed E-state index contributed by atoms with van der Waals surface area (Å²) >= 11 is 7.60. The monoisotopic (exact) mass is 298 g/mol. The Kier molecular flexibility index (Phi) is 4.93. The quantitative estimate of drug-likeness (QED) is 0.650. The molecule has 1 aromatic carbocycles. The van der Waals surface area contributed by atoms with E-state index in [0.29, 0.717) is 17.0 Å². The molecule has 2 nitrogen and oxygen atoms in total. The molecule has 3 N–H and O–H groups in total. The fraction of sp³-hybridized carbons (Fsp3) is 0.286. The van der Waals surface area contributed by atoms with E-state index in [2.05, 4.69) is 18.4 Å². The highest BCUT2D eigenvalue weighted by atomic mass is 35.5. The molecule has 0 saturated heterocycles. The summed E-state index contributed by atoms with van der Waals surface area (Å²) in [6, 6.07) is 8.60. The lowest BCUT2D eigenvalue weighted by Crippen LogP contribution is -2.29. The fourth-order valence-electron chi connectivity index (χ4n) is 1.93. The molecule has 2 aromatic rings. The maximum atomic E-state index is 13.7. The maximum Gasteiger partial charge on any atom is 0.126 e. The molecule has 1 unspecified atom stereocenters. The van der Waals surface area contributed by atoms with Crippen LogP contribution in [0.5, 0.6) is 0 Å². The molecule has 0 spiro atoms. The predicted octanol–water partition coefficient (Wildman–Crippen LogP) is 3.85. The van der Waals surface area contributed by atoms with Crippen LogP contribution in [0.15, 0.2) is 30.3 Å². The average Bonchev–Trinajstić information content (AvgIpc) is 2.88. The van der Waals surface area contributed by atoms with Crippen LogP contribution in [0.3, 0.4) is 0 Å². The van der Waals surface area contributed by atoms with Gasteiger partial charge in [-0.2, -0.15) is 0 Å². The highest BCUT2D eigenvalue weighted by molar-refractivity contribution is 7.12. The van der Waals surface area contributed by atoms with Crippen LogP contribution in [-0.4, -0.2) is 0 Å². The molecule has 0 aliphatic heterocycles. The van der Waals surface area contributed by atoms with Gasteiger partial charge in [-0.25, -0.2) is 4.39 Å². The topological polar surface area (TPSA) is 38.0 Å². The number of benzene rings is 1. The van der Waals surface area contributed by atoms with Gasteiger partial charge in [-0.15, -0.1) is 11.3 Å². The Morgan fingerprint density at radius 2 is 2.16 bits per heavy atom. The van der Waals surface area contributed by atoms with E-state index < -0.39 is 0 Å². The second kappa shape index (κ2) is 6.48. The van der Waals surface area contributed by atoms with Crippen molar-refractivity contribution in [3.05, 3.63) is 56.5 Å². The number of hydrazine groups is 1. The number of thiophene rings is 1. The molecule has 1 heterocycles. The molecule has 1 atom stereocenters. The van der Waals surface area contributed by atoms with Crippen LogP contribution in [-0.2, 0) is 12.8 Å². The molecule has 0 aliphatic carbocycles. The smallest absolute Gasteiger partial charge is 0.126 e. The molecule has 0 aliphatic rings. The lowest BCUT2D eigenvalue weighted by atomic mass is 10.0. The van der Waals surface area contributed by atoms with Crippen molar-refractivity contribution in [3.8, 4) is 0 Å². The van der Waals surface area contributed by atoms with E-state index in [-0.39, 0.29) is 11.9 Å². The number of nitrogens with one attached hydrogen (secondary N) is 1. The van der Waals surface area contributed by atoms with Crippen molar-refractivity contribution in [3.63, 3.8) is 0 Å². The van der Waals surface area contributed by atoms with Crippen LogP contribution in [0.1, 0.15) is 28.3 Å². The summed E-state index contributed by atoms with van der Waals surface area (Å²) in [5, 5.41) is 0.535. The molecule has 2 rings (SSSR count). The van der Waals surface area contributed by atoms with Crippen molar-refractivity contribution in [2.45, 2.75) is 25.8 Å². The van der Waals surface area contributed by atoms with Crippen molar-refractivity contribution in [2.75, 3.05) is 0 Å². The van der Waals surface area contributed by atoms with Gasteiger partial charge in [0, 0.05) is 14.8 Å². The molecule has 0 saturated carbocycles. The summed E-state index contributed by atoms with van der Waals surface area (Å²) in [6.45, 7) is 2.11. The third-order valence-electron chi connectivity index (χ3n) is 3.01. The summed E-state index contributed by atoms with van der Waals surface area (Å²) in [6.07, 6.45) is 1.47. The second-order valence-electron chi connectivity index (χ2n) is 4.32. The third-order valence-corrected chi connectivity index (χ3v) is 4.59. The van der Waals surface area contributed by atoms with Crippen molar-refractivity contribution in [1.29, 1.82) is 0 Å². The first-order chi connectivity index (χ1) is 9.13. The van der Waals surface area contributed by atoms with Crippen LogP contribution in [0.2, 0.25) is 5.02 Å². The van der Waals surface area contributed by atoms with E-state index in [4.69, 9.17) is 17.4 Å². The van der Waals surface area contributed by atoms with Crippen LogP contribution in [0.4, 0.5) is 4.39 Å². The molecular formula is C14H16ClFN2S. The van der Waals surface area contributed by atoms with Gasteiger partial charge in [0.25, 0.3) is 0 Å². The van der Waals surface area contributed by atoms with Gasteiger partial charge in [-0.05, 0) is 48.7 Å².